The van der Waals surface area contributed by atoms with Crippen LogP contribution in [0.4, 0.5) is 4.79 Å². The highest BCUT2D eigenvalue weighted by Gasteiger charge is 2.22. The van der Waals surface area contributed by atoms with E-state index in [4.69, 9.17) is 5.11 Å². The molecule has 0 spiro atoms. The van der Waals surface area contributed by atoms with Crippen LogP contribution in [0, 0.1) is 11.8 Å². The third kappa shape index (κ3) is 3.96. The summed E-state index contributed by atoms with van der Waals surface area (Å²) in [7, 11) is 0. The van der Waals surface area contributed by atoms with E-state index in [9.17, 15) is 4.79 Å². The molecule has 0 saturated heterocycles. The van der Waals surface area contributed by atoms with Gasteiger partial charge < -0.3 is 15.7 Å². The summed E-state index contributed by atoms with van der Waals surface area (Å²) < 4.78 is 0. The number of rotatable bonds is 5. The quantitative estimate of drug-likeness (QED) is 0.612. The first-order chi connectivity index (χ1) is 6.63. The van der Waals surface area contributed by atoms with Gasteiger partial charge in [0.1, 0.15) is 0 Å². The fourth-order valence-corrected chi connectivity index (χ4v) is 1.12. The molecule has 2 amide bonds. The molecule has 14 heavy (non-hydrogen) atoms. The summed E-state index contributed by atoms with van der Waals surface area (Å²) in [6.07, 6.45) is 2.48. The Labute approximate surface area is 85.1 Å². The van der Waals surface area contributed by atoms with Gasteiger partial charge in [-0.15, -0.1) is 0 Å². The van der Waals surface area contributed by atoms with E-state index < -0.39 is 0 Å². The van der Waals surface area contributed by atoms with E-state index in [1.807, 2.05) is 13.8 Å². The Hall–Kier alpha value is -0.770. The minimum atomic E-state index is -0.121. The van der Waals surface area contributed by atoms with Crippen molar-refractivity contribution in [3.05, 3.63) is 0 Å². The molecule has 1 rings (SSSR count). The number of urea groups is 1. The van der Waals surface area contributed by atoms with Crippen molar-refractivity contribution in [1.82, 2.24) is 10.6 Å². The van der Waals surface area contributed by atoms with Crippen LogP contribution in [0.5, 0.6) is 0 Å². The molecule has 1 aliphatic carbocycles. The Balaban J connectivity index is 2.11. The molecule has 4 nitrogen and oxygen atoms in total. The largest absolute Gasteiger partial charge is 0.396 e. The van der Waals surface area contributed by atoms with Crippen LogP contribution < -0.4 is 10.6 Å². The predicted molar refractivity (Wildman–Crippen MR) is 55.0 cm³/mol. The molecular weight excluding hydrogens is 180 g/mol. The summed E-state index contributed by atoms with van der Waals surface area (Å²) in [6.45, 7) is 4.69. The zero-order valence-electron chi connectivity index (χ0n) is 8.92. The number of hydrogen-bond acceptors (Lipinski definition) is 2. The lowest BCUT2D eigenvalue weighted by atomic mass is 10.1. The van der Waals surface area contributed by atoms with Gasteiger partial charge in [0, 0.05) is 19.2 Å². The maximum atomic E-state index is 11.3. The molecule has 1 aliphatic rings. The van der Waals surface area contributed by atoms with Gasteiger partial charge in [0.2, 0.25) is 0 Å². The predicted octanol–water partition coefficient (Wildman–Crippen LogP) is 0.712. The lowest BCUT2D eigenvalue weighted by Crippen LogP contribution is -2.44. The highest BCUT2D eigenvalue weighted by molar-refractivity contribution is 5.74. The van der Waals surface area contributed by atoms with Crippen LogP contribution in [0.3, 0.4) is 0 Å². The normalized spacial score (nSPS) is 19.9. The zero-order chi connectivity index (χ0) is 10.6. The Morgan fingerprint density at radius 2 is 2.14 bits per heavy atom. The van der Waals surface area contributed by atoms with Crippen molar-refractivity contribution in [3.8, 4) is 0 Å². The molecule has 0 radical (unpaired) electrons. The number of hydrogen-bond donors (Lipinski definition) is 3. The number of nitrogens with one attached hydrogen (secondary N) is 2. The van der Waals surface area contributed by atoms with E-state index in [1.165, 1.54) is 12.8 Å². The van der Waals surface area contributed by atoms with Crippen molar-refractivity contribution < 1.29 is 9.90 Å². The molecule has 0 aromatic carbocycles. The number of carbonyl (C=O) groups is 1. The molecule has 1 fully saturated rings. The first kappa shape index (κ1) is 11.3. The van der Waals surface area contributed by atoms with Gasteiger partial charge in [-0.2, -0.15) is 0 Å². The van der Waals surface area contributed by atoms with Gasteiger partial charge in [0.05, 0.1) is 0 Å². The highest BCUT2D eigenvalue weighted by atomic mass is 16.3. The van der Waals surface area contributed by atoms with Crippen molar-refractivity contribution in [2.45, 2.75) is 32.7 Å². The molecule has 0 heterocycles. The van der Waals surface area contributed by atoms with E-state index >= 15 is 0 Å². The summed E-state index contributed by atoms with van der Waals surface area (Å²) in [6, 6.07) is -0.107. The summed E-state index contributed by atoms with van der Waals surface area (Å²) >= 11 is 0. The average molecular weight is 200 g/mol. The van der Waals surface area contributed by atoms with Crippen LogP contribution in [-0.2, 0) is 0 Å². The third-order valence-electron chi connectivity index (χ3n) is 2.75. The number of aliphatic hydroxyl groups is 1. The number of amides is 2. The van der Waals surface area contributed by atoms with Gasteiger partial charge in [-0.1, -0.05) is 6.92 Å². The number of aliphatic hydroxyl groups excluding tert-OH is 1. The van der Waals surface area contributed by atoms with E-state index in [1.54, 1.807) is 0 Å². The molecule has 0 aromatic rings. The second-order valence-electron chi connectivity index (χ2n) is 4.25. The summed E-state index contributed by atoms with van der Waals surface area (Å²) in [5.74, 6) is 0.799. The Morgan fingerprint density at radius 3 is 2.64 bits per heavy atom. The molecule has 3 N–H and O–H groups in total. The topological polar surface area (TPSA) is 61.4 Å². The fourth-order valence-electron chi connectivity index (χ4n) is 1.12. The van der Waals surface area contributed by atoms with Gasteiger partial charge in [0.15, 0.2) is 0 Å². The maximum absolute atomic E-state index is 11.3. The zero-order valence-corrected chi connectivity index (χ0v) is 8.92. The Morgan fingerprint density at radius 1 is 1.50 bits per heavy atom. The lowest BCUT2D eigenvalue weighted by molar-refractivity contribution is 0.200. The number of carbonyl (C=O) groups excluding carboxylic acids is 1. The molecule has 0 bridgehead atoms. The standard InChI is InChI=1S/C10H20N2O2/c1-7(6-13)8(2)12-10(14)11-5-9-3-4-9/h7-9,13H,3-6H2,1-2H3,(H2,11,12,14). The maximum Gasteiger partial charge on any atom is 0.315 e. The molecule has 1 saturated carbocycles. The van der Waals surface area contributed by atoms with Crippen LogP contribution in [0.15, 0.2) is 0 Å². The van der Waals surface area contributed by atoms with E-state index in [-0.39, 0.29) is 24.6 Å². The second-order valence-corrected chi connectivity index (χ2v) is 4.25. The van der Waals surface area contributed by atoms with Crippen LogP contribution in [0.2, 0.25) is 0 Å². The SMILES string of the molecule is CC(CO)C(C)NC(=O)NCC1CC1. The molecule has 82 valence electrons. The highest BCUT2D eigenvalue weighted by Crippen LogP contribution is 2.27. The molecule has 2 atom stereocenters. The first-order valence-electron chi connectivity index (χ1n) is 5.28. The average Bonchev–Trinajstić information content (AvgIpc) is 2.96. The smallest absolute Gasteiger partial charge is 0.315 e. The second kappa shape index (κ2) is 5.20. The van der Waals surface area contributed by atoms with E-state index in [0.717, 1.165) is 6.54 Å². The molecule has 0 aliphatic heterocycles. The molecule has 4 heteroatoms. The van der Waals surface area contributed by atoms with E-state index in [0.29, 0.717) is 5.92 Å². The Bertz CT molecular complexity index is 193. The van der Waals surface area contributed by atoms with E-state index in [2.05, 4.69) is 10.6 Å². The molecular formula is C10H20N2O2. The monoisotopic (exact) mass is 200 g/mol. The summed E-state index contributed by atoms with van der Waals surface area (Å²) in [5, 5.41) is 14.5. The summed E-state index contributed by atoms with van der Waals surface area (Å²) in [5.41, 5.74) is 0. The van der Waals surface area contributed by atoms with Crippen molar-refractivity contribution in [1.29, 1.82) is 0 Å². The lowest BCUT2D eigenvalue weighted by Gasteiger charge is -2.19. The van der Waals surface area contributed by atoms with Crippen LogP contribution >= 0.6 is 0 Å². The van der Waals surface area contributed by atoms with Gasteiger partial charge in [-0.05, 0) is 31.6 Å². The van der Waals surface area contributed by atoms with Gasteiger partial charge in [-0.25, -0.2) is 4.79 Å². The molecule has 0 aromatic heterocycles. The Kier molecular flexibility index (Phi) is 4.20. The minimum Gasteiger partial charge on any atom is -0.396 e. The van der Waals surface area contributed by atoms with Gasteiger partial charge >= 0.3 is 6.03 Å². The van der Waals surface area contributed by atoms with Crippen molar-refractivity contribution in [3.63, 3.8) is 0 Å². The summed E-state index contributed by atoms with van der Waals surface area (Å²) in [4.78, 5) is 11.3. The third-order valence-corrected chi connectivity index (χ3v) is 2.75. The van der Waals surface area contributed by atoms with Crippen molar-refractivity contribution in [2.24, 2.45) is 11.8 Å². The first-order valence-corrected chi connectivity index (χ1v) is 5.28. The molecule has 2 unspecified atom stereocenters. The van der Waals surface area contributed by atoms with Crippen molar-refractivity contribution >= 4 is 6.03 Å². The van der Waals surface area contributed by atoms with Crippen molar-refractivity contribution in [2.75, 3.05) is 13.2 Å². The van der Waals surface area contributed by atoms with Gasteiger partial charge in [0.25, 0.3) is 0 Å². The fraction of sp³-hybridized carbons (Fsp3) is 0.900. The van der Waals surface area contributed by atoms with Gasteiger partial charge in [-0.3, -0.25) is 0 Å². The van der Waals surface area contributed by atoms with Crippen LogP contribution in [0.25, 0.3) is 0 Å². The van der Waals surface area contributed by atoms with Crippen LogP contribution in [-0.4, -0.2) is 30.3 Å². The minimum absolute atomic E-state index is 0.0132. The van der Waals surface area contributed by atoms with Crippen LogP contribution in [0.1, 0.15) is 26.7 Å².